The van der Waals surface area contributed by atoms with Crippen molar-refractivity contribution in [3.05, 3.63) is 24.3 Å². The summed E-state index contributed by atoms with van der Waals surface area (Å²) in [6.45, 7) is 1.10. The van der Waals surface area contributed by atoms with Gasteiger partial charge in [-0.05, 0) is 50.7 Å². The Kier molecular flexibility index (Phi) is 4.74. The molecule has 6 heteroatoms. The van der Waals surface area contributed by atoms with Crippen molar-refractivity contribution in [3.8, 4) is 5.75 Å². The highest BCUT2D eigenvalue weighted by atomic mass is 16.5. The SMILES string of the molecule is CN1C(=O)C2CCC1CN(C(=O)Nc1cccc(OC3CCCC3)c1)C2. The molecule has 1 aromatic rings. The van der Waals surface area contributed by atoms with Gasteiger partial charge in [0.2, 0.25) is 5.91 Å². The predicted molar refractivity (Wildman–Crippen MR) is 99.2 cm³/mol. The fraction of sp³-hybridized carbons (Fsp3) is 0.600. The van der Waals surface area contributed by atoms with Crippen LogP contribution in [0.25, 0.3) is 0 Å². The Bertz CT molecular complexity index is 687. The molecular weight excluding hydrogens is 330 g/mol. The van der Waals surface area contributed by atoms with Crippen LogP contribution in [0.3, 0.4) is 0 Å². The van der Waals surface area contributed by atoms with E-state index >= 15 is 0 Å². The summed E-state index contributed by atoms with van der Waals surface area (Å²) < 4.78 is 6.02. The molecule has 1 aromatic carbocycles. The lowest BCUT2D eigenvalue weighted by Crippen LogP contribution is -2.45. The zero-order valence-corrected chi connectivity index (χ0v) is 15.3. The number of benzene rings is 1. The lowest BCUT2D eigenvalue weighted by atomic mass is 9.95. The van der Waals surface area contributed by atoms with Gasteiger partial charge >= 0.3 is 6.03 Å². The van der Waals surface area contributed by atoms with Gasteiger partial charge in [0.1, 0.15) is 5.75 Å². The van der Waals surface area contributed by atoms with E-state index in [0.717, 1.165) is 37.1 Å². The first-order chi connectivity index (χ1) is 12.6. The van der Waals surface area contributed by atoms with E-state index in [9.17, 15) is 9.59 Å². The van der Waals surface area contributed by atoms with Crippen molar-refractivity contribution >= 4 is 17.6 Å². The first-order valence-electron chi connectivity index (χ1n) is 9.69. The largest absolute Gasteiger partial charge is 0.490 e. The molecular formula is C20H27N3O3. The molecule has 2 unspecified atom stereocenters. The van der Waals surface area contributed by atoms with Crippen molar-refractivity contribution < 1.29 is 14.3 Å². The summed E-state index contributed by atoms with van der Waals surface area (Å²) in [7, 11) is 1.85. The second-order valence-corrected chi connectivity index (χ2v) is 7.76. The van der Waals surface area contributed by atoms with E-state index in [1.54, 1.807) is 4.90 Å². The monoisotopic (exact) mass is 357 g/mol. The molecule has 4 fully saturated rings. The average Bonchev–Trinajstić information content (AvgIpc) is 2.99. The summed E-state index contributed by atoms with van der Waals surface area (Å²) in [6, 6.07) is 7.60. The van der Waals surface area contributed by atoms with Gasteiger partial charge in [-0.2, -0.15) is 0 Å². The maximum atomic E-state index is 12.8. The van der Waals surface area contributed by atoms with E-state index in [1.165, 1.54) is 12.8 Å². The number of likely N-dealkylation sites (N-methyl/N-ethyl adjacent to an activating group) is 1. The van der Waals surface area contributed by atoms with Gasteiger partial charge in [0.15, 0.2) is 0 Å². The molecule has 3 saturated heterocycles. The molecule has 140 valence electrons. The lowest BCUT2D eigenvalue weighted by molar-refractivity contribution is -0.138. The topological polar surface area (TPSA) is 61.9 Å². The second-order valence-electron chi connectivity index (χ2n) is 7.76. The Balaban J connectivity index is 1.41. The number of piperidine rings is 1. The number of urea groups is 1. The first kappa shape index (κ1) is 17.2. The van der Waals surface area contributed by atoms with Gasteiger partial charge < -0.3 is 19.9 Å². The second kappa shape index (κ2) is 7.17. The van der Waals surface area contributed by atoms with Crippen LogP contribution in [-0.2, 0) is 4.79 Å². The number of nitrogens with zero attached hydrogens (tertiary/aromatic N) is 2. The molecule has 1 aliphatic carbocycles. The number of rotatable bonds is 3. The molecule has 2 bridgehead atoms. The predicted octanol–water partition coefficient (Wildman–Crippen LogP) is 3.09. The Morgan fingerprint density at radius 3 is 2.77 bits per heavy atom. The standard InChI is InChI=1S/C20H27N3O3/c1-22-16-10-9-14(19(22)24)12-23(13-16)20(25)21-15-5-4-8-18(11-15)26-17-6-2-3-7-17/h4-5,8,11,14,16-17H,2-3,6-7,9-10,12-13H2,1H3,(H,21,25). The molecule has 26 heavy (non-hydrogen) atoms. The minimum atomic E-state index is -0.136. The molecule has 5 rings (SSSR count). The van der Waals surface area contributed by atoms with Crippen LogP contribution in [0, 0.1) is 5.92 Å². The van der Waals surface area contributed by atoms with Crippen LogP contribution in [0.1, 0.15) is 38.5 Å². The third-order valence-corrected chi connectivity index (χ3v) is 5.94. The molecule has 1 N–H and O–H groups in total. The van der Waals surface area contributed by atoms with Gasteiger partial charge in [-0.3, -0.25) is 4.79 Å². The summed E-state index contributed by atoms with van der Waals surface area (Å²) in [4.78, 5) is 28.6. The van der Waals surface area contributed by atoms with Crippen LogP contribution >= 0.6 is 0 Å². The van der Waals surface area contributed by atoms with Gasteiger partial charge in [0.25, 0.3) is 0 Å². The quantitative estimate of drug-likeness (QED) is 0.904. The number of fused-ring (bicyclic) bond motifs is 4. The average molecular weight is 357 g/mol. The Labute approximate surface area is 154 Å². The molecule has 3 amide bonds. The van der Waals surface area contributed by atoms with Gasteiger partial charge in [0.05, 0.1) is 12.0 Å². The summed E-state index contributed by atoms with van der Waals surface area (Å²) in [5, 5.41) is 2.98. The fourth-order valence-corrected chi connectivity index (χ4v) is 4.37. The van der Waals surface area contributed by atoms with Crippen LogP contribution < -0.4 is 10.1 Å². The van der Waals surface area contributed by atoms with E-state index in [1.807, 2.05) is 36.2 Å². The molecule has 3 aliphatic heterocycles. The van der Waals surface area contributed by atoms with Gasteiger partial charge in [0, 0.05) is 37.9 Å². The molecule has 6 nitrogen and oxygen atoms in total. The van der Waals surface area contributed by atoms with Gasteiger partial charge in [-0.15, -0.1) is 0 Å². The minimum Gasteiger partial charge on any atom is -0.490 e. The van der Waals surface area contributed by atoms with Gasteiger partial charge in [-0.25, -0.2) is 4.79 Å². The van der Waals surface area contributed by atoms with E-state index in [4.69, 9.17) is 4.74 Å². The van der Waals surface area contributed by atoms with Crippen molar-refractivity contribution in [3.63, 3.8) is 0 Å². The molecule has 4 aliphatic rings. The lowest BCUT2D eigenvalue weighted by Gasteiger charge is -2.32. The van der Waals surface area contributed by atoms with Crippen LogP contribution in [0.5, 0.6) is 5.75 Å². The molecule has 2 atom stereocenters. The van der Waals surface area contributed by atoms with Crippen LogP contribution in [-0.4, -0.2) is 54.0 Å². The number of anilines is 1. The highest BCUT2D eigenvalue weighted by Crippen LogP contribution is 2.29. The molecule has 1 saturated carbocycles. The van der Waals surface area contributed by atoms with E-state index in [-0.39, 0.29) is 23.9 Å². The number of ether oxygens (including phenoxy) is 1. The molecule has 0 radical (unpaired) electrons. The van der Waals surface area contributed by atoms with E-state index in [2.05, 4.69) is 5.32 Å². The van der Waals surface area contributed by atoms with E-state index in [0.29, 0.717) is 19.2 Å². The Morgan fingerprint density at radius 2 is 1.96 bits per heavy atom. The fourth-order valence-electron chi connectivity index (χ4n) is 4.37. The maximum Gasteiger partial charge on any atom is 0.321 e. The maximum absolute atomic E-state index is 12.8. The summed E-state index contributed by atoms with van der Waals surface area (Å²) in [6.07, 6.45) is 6.81. The number of carbonyl (C=O) groups is 2. The number of carbonyl (C=O) groups excluding carboxylic acids is 2. The van der Waals surface area contributed by atoms with Crippen molar-refractivity contribution in [1.29, 1.82) is 0 Å². The molecule has 3 heterocycles. The minimum absolute atomic E-state index is 0.0680. The Hall–Kier alpha value is -2.24. The zero-order chi connectivity index (χ0) is 18.1. The smallest absolute Gasteiger partial charge is 0.321 e. The Morgan fingerprint density at radius 1 is 1.15 bits per heavy atom. The molecule has 0 aromatic heterocycles. The third kappa shape index (κ3) is 3.50. The van der Waals surface area contributed by atoms with Crippen molar-refractivity contribution in [2.45, 2.75) is 50.7 Å². The van der Waals surface area contributed by atoms with Crippen LogP contribution in [0.4, 0.5) is 10.5 Å². The number of amides is 3. The first-order valence-corrected chi connectivity index (χ1v) is 9.69. The summed E-state index contributed by atoms with van der Waals surface area (Å²) in [5.74, 6) is 0.908. The van der Waals surface area contributed by atoms with Crippen molar-refractivity contribution in [1.82, 2.24) is 9.80 Å². The van der Waals surface area contributed by atoms with Gasteiger partial charge in [-0.1, -0.05) is 6.07 Å². The van der Waals surface area contributed by atoms with Crippen LogP contribution in [0.15, 0.2) is 24.3 Å². The summed E-state index contributed by atoms with van der Waals surface area (Å²) >= 11 is 0. The number of hydrogen-bond donors (Lipinski definition) is 1. The summed E-state index contributed by atoms with van der Waals surface area (Å²) in [5.41, 5.74) is 0.738. The van der Waals surface area contributed by atoms with Crippen LogP contribution in [0.2, 0.25) is 0 Å². The van der Waals surface area contributed by atoms with Crippen molar-refractivity contribution in [2.24, 2.45) is 5.92 Å². The molecule has 0 spiro atoms. The highest BCUT2D eigenvalue weighted by Gasteiger charge is 2.40. The van der Waals surface area contributed by atoms with E-state index < -0.39 is 0 Å². The number of nitrogens with one attached hydrogen (secondary N) is 1. The highest BCUT2D eigenvalue weighted by molar-refractivity contribution is 5.90. The third-order valence-electron chi connectivity index (χ3n) is 5.94. The number of hydrogen-bond acceptors (Lipinski definition) is 3. The zero-order valence-electron chi connectivity index (χ0n) is 15.3. The normalized spacial score (nSPS) is 26.1. The van der Waals surface area contributed by atoms with Crippen molar-refractivity contribution in [2.75, 3.05) is 25.5 Å².